The number of carbonyl (C=O) groups is 3. The van der Waals surface area contributed by atoms with Crippen LogP contribution >= 0.6 is 0 Å². The van der Waals surface area contributed by atoms with E-state index in [2.05, 4.69) is 5.32 Å². The van der Waals surface area contributed by atoms with Gasteiger partial charge >= 0.3 is 12.0 Å². The summed E-state index contributed by atoms with van der Waals surface area (Å²) in [5.74, 6) is -1.72. The van der Waals surface area contributed by atoms with Crippen LogP contribution in [0.5, 0.6) is 0 Å². The molecule has 0 aliphatic heterocycles. The van der Waals surface area contributed by atoms with Gasteiger partial charge in [-0.25, -0.2) is 4.79 Å². The van der Waals surface area contributed by atoms with Crippen LogP contribution in [0.4, 0.5) is 4.79 Å². The molecular formula is C10H17N3O4. The molecule has 0 radical (unpaired) electrons. The van der Waals surface area contributed by atoms with Crippen molar-refractivity contribution in [3.8, 4) is 0 Å². The van der Waals surface area contributed by atoms with Gasteiger partial charge in [-0.15, -0.1) is 0 Å². The highest BCUT2D eigenvalue weighted by Gasteiger charge is 2.28. The Morgan fingerprint density at radius 2 is 1.88 bits per heavy atom. The highest BCUT2D eigenvalue weighted by atomic mass is 16.4. The first-order valence-electron chi connectivity index (χ1n) is 5.55. The van der Waals surface area contributed by atoms with Crippen LogP contribution in [0, 0.1) is 0 Å². The standard InChI is InChI=1S/C10H17N3O4/c11-8(14)5-12-10(17)13(6-9(15)16)7-3-1-2-4-7/h7H,1-6H2,(H2,11,14)(H,12,17)(H,15,16). The molecule has 0 aromatic carbocycles. The van der Waals surface area contributed by atoms with Gasteiger partial charge in [-0.2, -0.15) is 0 Å². The lowest BCUT2D eigenvalue weighted by atomic mass is 10.2. The van der Waals surface area contributed by atoms with Crippen LogP contribution in [0.25, 0.3) is 0 Å². The van der Waals surface area contributed by atoms with Crippen LogP contribution in [-0.2, 0) is 9.59 Å². The lowest BCUT2D eigenvalue weighted by Gasteiger charge is -2.27. The number of hydrogen-bond donors (Lipinski definition) is 3. The number of hydrogen-bond acceptors (Lipinski definition) is 3. The van der Waals surface area contributed by atoms with Crippen molar-refractivity contribution in [2.75, 3.05) is 13.1 Å². The Morgan fingerprint density at radius 3 is 2.35 bits per heavy atom. The predicted molar refractivity (Wildman–Crippen MR) is 59.2 cm³/mol. The molecule has 1 saturated carbocycles. The van der Waals surface area contributed by atoms with Crippen molar-refractivity contribution in [3.63, 3.8) is 0 Å². The molecule has 0 bridgehead atoms. The number of nitrogens with zero attached hydrogens (tertiary/aromatic N) is 1. The Bertz CT molecular complexity index is 313. The smallest absolute Gasteiger partial charge is 0.323 e. The fraction of sp³-hybridized carbons (Fsp3) is 0.700. The van der Waals surface area contributed by atoms with E-state index >= 15 is 0 Å². The third-order valence-corrected chi connectivity index (χ3v) is 2.75. The molecule has 1 aliphatic rings. The number of amides is 3. The molecule has 7 heteroatoms. The van der Waals surface area contributed by atoms with Crippen molar-refractivity contribution in [1.82, 2.24) is 10.2 Å². The number of urea groups is 1. The number of rotatable bonds is 5. The second-order valence-corrected chi connectivity index (χ2v) is 4.08. The molecule has 0 aromatic rings. The van der Waals surface area contributed by atoms with Crippen molar-refractivity contribution in [2.24, 2.45) is 5.73 Å². The average molecular weight is 243 g/mol. The summed E-state index contributed by atoms with van der Waals surface area (Å²) in [5.41, 5.74) is 4.91. The maximum atomic E-state index is 11.7. The molecule has 4 N–H and O–H groups in total. The monoisotopic (exact) mass is 243 g/mol. The zero-order valence-electron chi connectivity index (χ0n) is 9.52. The minimum Gasteiger partial charge on any atom is -0.480 e. The van der Waals surface area contributed by atoms with E-state index in [9.17, 15) is 14.4 Å². The summed E-state index contributed by atoms with van der Waals surface area (Å²) < 4.78 is 0. The number of nitrogens with two attached hydrogens (primary N) is 1. The molecule has 1 aliphatic carbocycles. The first-order chi connectivity index (χ1) is 8.00. The minimum absolute atomic E-state index is 0.0565. The van der Waals surface area contributed by atoms with Gasteiger partial charge in [0, 0.05) is 6.04 Å². The molecule has 0 unspecified atom stereocenters. The van der Waals surface area contributed by atoms with E-state index in [0.717, 1.165) is 25.7 Å². The Kier molecular flexibility index (Phi) is 4.74. The summed E-state index contributed by atoms with van der Waals surface area (Å²) in [6.45, 7) is -0.628. The highest BCUT2D eigenvalue weighted by molar-refractivity contribution is 5.85. The number of primary amides is 1. The molecule has 0 atom stereocenters. The van der Waals surface area contributed by atoms with Gasteiger partial charge in [0.2, 0.25) is 5.91 Å². The Morgan fingerprint density at radius 1 is 1.29 bits per heavy atom. The Hall–Kier alpha value is -1.79. The molecule has 0 saturated heterocycles. The van der Waals surface area contributed by atoms with Crippen molar-refractivity contribution in [3.05, 3.63) is 0 Å². The van der Waals surface area contributed by atoms with E-state index in [-0.39, 0.29) is 19.1 Å². The van der Waals surface area contributed by atoms with E-state index in [1.807, 2.05) is 0 Å². The van der Waals surface area contributed by atoms with Gasteiger partial charge in [0.25, 0.3) is 0 Å². The molecule has 7 nitrogen and oxygen atoms in total. The van der Waals surface area contributed by atoms with Gasteiger partial charge in [0.1, 0.15) is 6.54 Å². The first kappa shape index (κ1) is 13.3. The van der Waals surface area contributed by atoms with Gasteiger partial charge in [-0.1, -0.05) is 12.8 Å². The van der Waals surface area contributed by atoms with Crippen LogP contribution < -0.4 is 11.1 Å². The fourth-order valence-electron chi connectivity index (χ4n) is 1.99. The highest BCUT2D eigenvalue weighted by Crippen LogP contribution is 2.23. The van der Waals surface area contributed by atoms with Crippen LogP contribution in [0.1, 0.15) is 25.7 Å². The molecule has 1 rings (SSSR count). The summed E-state index contributed by atoms with van der Waals surface area (Å²) in [6, 6.07) is -0.600. The molecule has 17 heavy (non-hydrogen) atoms. The van der Waals surface area contributed by atoms with Gasteiger partial charge in [-0.05, 0) is 12.8 Å². The molecule has 3 amide bonds. The zero-order chi connectivity index (χ0) is 12.8. The number of carbonyl (C=O) groups excluding carboxylic acids is 2. The van der Waals surface area contributed by atoms with Crippen LogP contribution in [0.2, 0.25) is 0 Å². The second kappa shape index (κ2) is 6.07. The van der Waals surface area contributed by atoms with Gasteiger partial charge in [0.15, 0.2) is 0 Å². The minimum atomic E-state index is -1.06. The molecule has 1 fully saturated rings. The largest absolute Gasteiger partial charge is 0.480 e. The van der Waals surface area contributed by atoms with E-state index in [4.69, 9.17) is 10.8 Å². The summed E-state index contributed by atoms with van der Waals surface area (Å²) >= 11 is 0. The number of nitrogens with one attached hydrogen (secondary N) is 1. The zero-order valence-corrected chi connectivity index (χ0v) is 9.52. The molecule has 0 aromatic heterocycles. The van der Waals surface area contributed by atoms with Crippen molar-refractivity contribution in [2.45, 2.75) is 31.7 Å². The summed E-state index contributed by atoms with van der Waals surface area (Å²) in [4.78, 5) is 34.2. The normalized spacial score (nSPS) is 15.5. The van der Waals surface area contributed by atoms with E-state index in [1.165, 1.54) is 4.90 Å². The second-order valence-electron chi connectivity index (χ2n) is 4.08. The predicted octanol–water partition coefficient (Wildman–Crippen LogP) is -0.490. The van der Waals surface area contributed by atoms with Gasteiger partial charge in [0.05, 0.1) is 6.54 Å². The van der Waals surface area contributed by atoms with Crippen molar-refractivity contribution in [1.29, 1.82) is 0 Å². The lowest BCUT2D eigenvalue weighted by molar-refractivity contribution is -0.138. The number of carboxylic acid groups (broad SMARTS) is 1. The molecule has 0 heterocycles. The lowest BCUT2D eigenvalue weighted by Crippen LogP contribution is -2.49. The van der Waals surface area contributed by atoms with Gasteiger partial charge in [-0.3, -0.25) is 9.59 Å². The quantitative estimate of drug-likeness (QED) is 0.604. The van der Waals surface area contributed by atoms with E-state index in [0.29, 0.717) is 0 Å². The van der Waals surface area contributed by atoms with Crippen LogP contribution in [0.3, 0.4) is 0 Å². The fourth-order valence-corrected chi connectivity index (χ4v) is 1.99. The molecule has 0 spiro atoms. The third-order valence-electron chi connectivity index (χ3n) is 2.75. The Labute approximate surface area is 98.9 Å². The summed E-state index contributed by atoms with van der Waals surface area (Å²) in [7, 11) is 0. The SMILES string of the molecule is NC(=O)CNC(=O)N(CC(=O)O)C1CCCC1. The molecule has 96 valence electrons. The van der Waals surface area contributed by atoms with Gasteiger partial charge < -0.3 is 21.1 Å². The van der Waals surface area contributed by atoms with Crippen LogP contribution in [-0.4, -0.2) is 47.0 Å². The molecular weight excluding hydrogens is 226 g/mol. The maximum absolute atomic E-state index is 11.7. The Balaban J connectivity index is 2.57. The number of carboxylic acids is 1. The first-order valence-corrected chi connectivity index (χ1v) is 5.55. The van der Waals surface area contributed by atoms with Crippen molar-refractivity contribution < 1.29 is 19.5 Å². The topological polar surface area (TPSA) is 113 Å². The third kappa shape index (κ3) is 4.29. The van der Waals surface area contributed by atoms with Crippen molar-refractivity contribution >= 4 is 17.9 Å². The summed E-state index contributed by atoms with van der Waals surface area (Å²) in [6.07, 6.45) is 3.59. The number of aliphatic carboxylic acids is 1. The van der Waals surface area contributed by atoms with Crippen LogP contribution in [0.15, 0.2) is 0 Å². The maximum Gasteiger partial charge on any atom is 0.323 e. The van der Waals surface area contributed by atoms with E-state index in [1.54, 1.807) is 0 Å². The van der Waals surface area contributed by atoms with E-state index < -0.39 is 17.9 Å². The summed E-state index contributed by atoms with van der Waals surface area (Å²) in [5, 5.41) is 11.1. The average Bonchev–Trinajstić information content (AvgIpc) is 2.75.